The lowest BCUT2D eigenvalue weighted by molar-refractivity contribution is 0.0907. The van der Waals surface area contributed by atoms with E-state index in [0.29, 0.717) is 17.6 Å². The van der Waals surface area contributed by atoms with Gasteiger partial charge in [0.05, 0.1) is 0 Å². The Morgan fingerprint density at radius 1 is 1.28 bits per heavy atom. The predicted molar refractivity (Wildman–Crippen MR) is 72.9 cm³/mol. The highest BCUT2D eigenvalue weighted by molar-refractivity contribution is 5.98. The largest absolute Gasteiger partial charge is 0.316 e. The Morgan fingerprint density at radius 2 is 2.11 bits per heavy atom. The molecule has 1 aliphatic carbocycles. The summed E-state index contributed by atoms with van der Waals surface area (Å²) in [5.74, 6) is 1.66. The second kappa shape index (κ2) is 4.85. The van der Waals surface area contributed by atoms with Gasteiger partial charge in [-0.15, -0.1) is 0 Å². The monoisotopic (exact) mass is 243 g/mol. The smallest absolute Gasteiger partial charge is 0.167 e. The average molecular weight is 243 g/mol. The van der Waals surface area contributed by atoms with Crippen molar-refractivity contribution in [2.45, 2.75) is 32.1 Å². The van der Waals surface area contributed by atoms with Gasteiger partial charge in [0.25, 0.3) is 0 Å². The number of hydrogen-bond acceptors (Lipinski definition) is 2. The van der Waals surface area contributed by atoms with Crippen molar-refractivity contribution >= 4 is 5.78 Å². The number of ketones is 1. The van der Waals surface area contributed by atoms with Gasteiger partial charge < -0.3 is 5.32 Å². The van der Waals surface area contributed by atoms with Gasteiger partial charge in [-0.2, -0.15) is 0 Å². The summed E-state index contributed by atoms with van der Waals surface area (Å²) in [5.41, 5.74) is 2.28. The van der Waals surface area contributed by atoms with Crippen LogP contribution in [0.3, 0.4) is 0 Å². The third-order valence-electron chi connectivity index (χ3n) is 4.60. The molecule has 1 N–H and O–H groups in total. The van der Waals surface area contributed by atoms with Crippen molar-refractivity contribution in [1.29, 1.82) is 0 Å². The minimum absolute atomic E-state index is 0.168. The SMILES string of the molecule is CC1CNCC1C(=O)c1cccc(C2CCC2)c1. The van der Waals surface area contributed by atoms with E-state index in [1.165, 1.54) is 24.8 Å². The van der Waals surface area contributed by atoms with Gasteiger partial charge in [0, 0.05) is 18.0 Å². The van der Waals surface area contributed by atoms with Crippen molar-refractivity contribution in [2.75, 3.05) is 13.1 Å². The fraction of sp³-hybridized carbons (Fsp3) is 0.562. The van der Waals surface area contributed by atoms with Crippen LogP contribution in [0.1, 0.15) is 48.0 Å². The fourth-order valence-electron chi connectivity index (χ4n) is 3.06. The molecule has 2 unspecified atom stereocenters. The molecule has 96 valence electrons. The van der Waals surface area contributed by atoms with Gasteiger partial charge in [-0.05, 0) is 42.9 Å². The zero-order chi connectivity index (χ0) is 12.5. The van der Waals surface area contributed by atoms with Crippen molar-refractivity contribution in [3.63, 3.8) is 0 Å². The lowest BCUT2D eigenvalue weighted by Gasteiger charge is -2.26. The minimum atomic E-state index is 0.168. The lowest BCUT2D eigenvalue weighted by atomic mass is 9.79. The molecule has 1 aliphatic heterocycles. The summed E-state index contributed by atoms with van der Waals surface area (Å²) in [4.78, 5) is 12.5. The van der Waals surface area contributed by atoms with Gasteiger partial charge in [-0.25, -0.2) is 0 Å². The first-order valence-electron chi connectivity index (χ1n) is 7.10. The fourth-order valence-corrected chi connectivity index (χ4v) is 3.06. The molecule has 0 bridgehead atoms. The standard InChI is InChI=1S/C16H21NO/c1-11-9-17-10-15(11)16(18)14-7-3-6-13(8-14)12-4-2-5-12/h3,6-8,11-12,15,17H,2,4-5,9-10H2,1H3. The summed E-state index contributed by atoms with van der Waals surface area (Å²) in [6.07, 6.45) is 3.92. The van der Waals surface area contributed by atoms with E-state index >= 15 is 0 Å². The first kappa shape index (κ1) is 11.9. The number of Topliss-reactive ketones (excluding diaryl/α,β-unsaturated/α-hetero) is 1. The highest BCUT2D eigenvalue weighted by Crippen LogP contribution is 2.36. The average Bonchev–Trinajstić information content (AvgIpc) is 2.73. The van der Waals surface area contributed by atoms with Crippen molar-refractivity contribution in [2.24, 2.45) is 11.8 Å². The molecule has 0 amide bonds. The van der Waals surface area contributed by atoms with Gasteiger partial charge >= 0.3 is 0 Å². The number of rotatable bonds is 3. The van der Waals surface area contributed by atoms with Gasteiger partial charge in [0.15, 0.2) is 5.78 Å². The molecule has 2 heteroatoms. The Hall–Kier alpha value is -1.15. The second-order valence-corrected chi connectivity index (χ2v) is 5.86. The van der Waals surface area contributed by atoms with Crippen LogP contribution >= 0.6 is 0 Å². The molecule has 1 saturated heterocycles. The number of nitrogens with one attached hydrogen (secondary N) is 1. The highest BCUT2D eigenvalue weighted by Gasteiger charge is 2.30. The summed E-state index contributed by atoms with van der Waals surface area (Å²) in [6.45, 7) is 3.98. The Bertz CT molecular complexity index is 450. The van der Waals surface area contributed by atoms with E-state index in [4.69, 9.17) is 0 Å². The first-order chi connectivity index (χ1) is 8.75. The van der Waals surface area contributed by atoms with E-state index in [9.17, 15) is 4.79 Å². The van der Waals surface area contributed by atoms with Gasteiger partial charge in [0.1, 0.15) is 0 Å². The number of carbonyl (C=O) groups excluding carboxylic acids is 1. The molecule has 18 heavy (non-hydrogen) atoms. The van der Waals surface area contributed by atoms with Crippen LogP contribution in [0.4, 0.5) is 0 Å². The van der Waals surface area contributed by atoms with Gasteiger partial charge in [-0.3, -0.25) is 4.79 Å². The first-order valence-corrected chi connectivity index (χ1v) is 7.10. The molecular formula is C16H21NO. The van der Waals surface area contributed by atoms with Crippen LogP contribution in [0.15, 0.2) is 24.3 Å². The Morgan fingerprint density at radius 3 is 2.72 bits per heavy atom. The third-order valence-corrected chi connectivity index (χ3v) is 4.60. The van der Waals surface area contributed by atoms with E-state index in [0.717, 1.165) is 18.7 Å². The molecule has 2 nitrogen and oxygen atoms in total. The molecule has 2 fully saturated rings. The second-order valence-electron chi connectivity index (χ2n) is 5.86. The van der Waals surface area contributed by atoms with Crippen molar-refractivity contribution in [1.82, 2.24) is 5.32 Å². The van der Waals surface area contributed by atoms with Crippen LogP contribution in [0.5, 0.6) is 0 Å². The Labute approximate surface area is 109 Å². The van der Waals surface area contributed by atoms with E-state index in [1.807, 2.05) is 12.1 Å². The molecule has 2 aliphatic rings. The van der Waals surface area contributed by atoms with Crippen LogP contribution in [-0.4, -0.2) is 18.9 Å². The molecule has 0 radical (unpaired) electrons. The molecule has 1 aromatic carbocycles. The van der Waals surface area contributed by atoms with Gasteiger partial charge in [0.2, 0.25) is 0 Å². The zero-order valence-electron chi connectivity index (χ0n) is 11.0. The Kier molecular flexibility index (Phi) is 3.21. The lowest BCUT2D eigenvalue weighted by Crippen LogP contribution is -2.21. The molecule has 3 rings (SSSR count). The predicted octanol–water partition coefficient (Wildman–Crippen LogP) is 2.99. The summed E-state index contributed by atoms with van der Waals surface area (Å²) in [5, 5.41) is 3.31. The van der Waals surface area contributed by atoms with E-state index < -0.39 is 0 Å². The molecule has 1 heterocycles. The van der Waals surface area contributed by atoms with Crippen LogP contribution in [0.25, 0.3) is 0 Å². The minimum Gasteiger partial charge on any atom is -0.316 e. The van der Waals surface area contributed by atoms with E-state index in [-0.39, 0.29) is 5.92 Å². The molecular weight excluding hydrogens is 222 g/mol. The summed E-state index contributed by atoms with van der Waals surface area (Å²) in [7, 11) is 0. The summed E-state index contributed by atoms with van der Waals surface area (Å²) in [6, 6.07) is 8.34. The zero-order valence-corrected chi connectivity index (χ0v) is 11.0. The van der Waals surface area contributed by atoms with Crippen molar-refractivity contribution in [3.05, 3.63) is 35.4 Å². The van der Waals surface area contributed by atoms with Crippen LogP contribution in [0.2, 0.25) is 0 Å². The van der Waals surface area contributed by atoms with Crippen molar-refractivity contribution in [3.8, 4) is 0 Å². The molecule has 1 aromatic rings. The van der Waals surface area contributed by atoms with Crippen LogP contribution in [0, 0.1) is 11.8 Å². The Balaban J connectivity index is 1.80. The van der Waals surface area contributed by atoms with Crippen LogP contribution in [-0.2, 0) is 0 Å². The number of carbonyl (C=O) groups is 1. The maximum atomic E-state index is 12.5. The molecule has 0 spiro atoms. The van der Waals surface area contributed by atoms with Crippen molar-refractivity contribution < 1.29 is 4.79 Å². The van der Waals surface area contributed by atoms with Crippen LogP contribution < -0.4 is 5.32 Å². The molecule has 0 aromatic heterocycles. The topological polar surface area (TPSA) is 29.1 Å². The maximum Gasteiger partial charge on any atom is 0.167 e. The maximum absolute atomic E-state index is 12.5. The van der Waals surface area contributed by atoms with E-state index in [1.54, 1.807) is 0 Å². The highest BCUT2D eigenvalue weighted by atomic mass is 16.1. The van der Waals surface area contributed by atoms with E-state index in [2.05, 4.69) is 24.4 Å². The number of benzene rings is 1. The molecule has 2 atom stereocenters. The number of hydrogen-bond donors (Lipinski definition) is 1. The summed E-state index contributed by atoms with van der Waals surface area (Å²) < 4.78 is 0. The normalized spacial score (nSPS) is 28.1. The summed E-state index contributed by atoms with van der Waals surface area (Å²) >= 11 is 0. The third kappa shape index (κ3) is 2.10. The quantitative estimate of drug-likeness (QED) is 0.827. The molecule has 1 saturated carbocycles. The van der Waals surface area contributed by atoms with Gasteiger partial charge in [-0.1, -0.05) is 31.5 Å².